The van der Waals surface area contributed by atoms with Gasteiger partial charge in [0.15, 0.2) is 0 Å². The van der Waals surface area contributed by atoms with Gasteiger partial charge in [-0.2, -0.15) is 4.31 Å². The predicted octanol–water partition coefficient (Wildman–Crippen LogP) is 0.704. The Bertz CT molecular complexity index is 615. The van der Waals surface area contributed by atoms with Gasteiger partial charge in [0.25, 0.3) is 0 Å². The van der Waals surface area contributed by atoms with Crippen molar-refractivity contribution in [3.8, 4) is 0 Å². The molecular formula is C14H19ClN2O4S. The number of hydrogen-bond acceptors (Lipinski definition) is 4. The summed E-state index contributed by atoms with van der Waals surface area (Å²) in [5, 5.41) is 2.66. The zero-order chi connectivity index (χ0) is 16.0. The molecule has 1 saturated heterocycles. The third-order valence-corrected chi connectivity index (χ3v) is 5.49. The molecule has 0 aliphatic carbocycles. The zero-order valence-corrected chi connectivity index (χ0v) is 13.7. The fraction of sp³-hybridized carbons (Fsp3) is 0.500. The van der Waals surface area contributed by atoms with Crippen LogP contribution in [0.1, 0.15) is 11.1 Å². The molecule has 0 saturated carbocycles. The molecule has 1 aromatic rings. The van der Waals surface area contributed by atoms with E-state index in [0.29, 0.717) is 31.9 Å². The number of sulfonamides is 1. The monoisotopic (exact) mass is 346 g/mol. The first kappa shape index (κ1) is 17.2. The quantitative estimate of drug-likeness (QED) is 0.769. The Balaban J connectivity index is 2.09. The second kappa shape index (κ2) is 7.92. The molecule has 2 rings (SSSR count). The molecule has 1 heterocycles. The van der Waals surface area contributed by atoms with Crippen LogP contribution in [0, 0.1) is 0 Å². The maximum absolute atomic E-state index is 12.5. The summed E-state index contributed by atoms with van der Waals surface area (Å²) in [5.41, 5.74) is 1.46. The first-order valence-electron chi connectivity index (χ1n) is 6.98. The molecule has 1 aliphatic heterocycles. The Morgan fingerprint density at radius 3 is 2.50 bits per heavy atom. The highest BCUT2D eigenvalue weighted by molar-refractivity contribution is 7.88. The molecular weight excluding hydrogens is 328 g/mol. The van der Waals surface area contributed by atoms with Gasteiger partial charge in [-0.25, -0.2) is 8.42 Å². The van der Waals surface area contributed by atoms with Gasteiger partial charge in [0.05, 0.1) is 19.0 Å². The van der Waals surface area contributed by atoms with Crippen LogP contribution < -0.4 is 5.32 Å². The van der Waals surface area contributed by atoms with Gasteiger partial charge in [0.1, 0.15) is 5.88 Å². The predicted molar refractivity (Wildman–Crippen MR) is 84.0 cm³/mol. The van der Waals surface area contributed by atoms with Crippen LogP contribution in [0.2, 0.25) is 0 Å². The van der Waals surface area contributed by atoms with Crippen LogP contribution >= 0.6 is 11.6 Å². The number of carbonyl (C=O) groups excluding carboxylic acids is 1. The lowest BCUT2D eigenvalue weighted by molar-refractivity contribution is -0.118. The molecule has 0 radical (unpaired) electrons. The lowest BCUT2D eigenvalue weighted by atomic mass is 10.1. The van der Waals surface area contributed by atoms with Gasteiger partial charge in [0, 0.05) is 19.6 Å². The number of amides is 1. The number of morpholine rings is 1. The maximum Gasteiger partial charge on any atom is 0.235 e. The summed E-state index contributed by atoms with van der Waals surface area (Å²) < 4.78 is 31.6. The van der Waals surface area contributed by atoms with Crippen LogP contribution in [0.5, 0.6) is 0 Å². The molecule has 22 heavy (non-hydrogen) atoms. The molecule has 1 aliphatic rings. The van der Waals surface area contributed by atoms with E-state index in [1.807, 2.05) is 6.07 Å². The normalized spacial score (nSPS) is 16.4. The first-order chi connectivity index (χ1) is 10.5. The van der Waals surface area contributed by atoms with Crippen LogP contribution in [0.15, 0.2) is 24.3 Å². The number of halogens is 1. The fourth-order valence-electron chi connectivity index (χ4n) is 2.22. The van der Waals surface area contributed by atoms with Gasteiger partial charge < -0.3 is 10.1 Å². The smallest absolute Gasteiger partial charge is 0.235 e. The number of nitrogens with one attached hydrogen (secondary N) is 1. The molecule has 0 spiro atoms. The van der Waals surface area contributed by atoms with E-state index in [-0.39, 0.29) is 24.1 Å². The Morgan fingerprint density at radius 2 is 1.86 bits per heavy atom. The van der Waals surface area contributed by atoms with Gasteiger partial charge >= 0.3 is 0 Å². The molecule has 1 amide bonds. The average molecular weight is 347 g/mol. The van der Waals surface area contributed by atoms with Crippen molar-refractivity contribution >= 4 is 27.5 Å². The molecule has 8 heteroatoms. The number of carbonyl (C=O) groups is 1. The number of ether oxygens (including phenoxy) is 1. The summed E-state index contributed by atoms with van der Waals surface area (Å²) in [7, 11) is -3.39. The summed E-state index contributed by atoms with van der Waals surface area (Å²) in [6, 6.07) is 7.17. The van der Waals surface area contributed by atoms with Crippen molar-refractivity contribution in [1.82, 2.24) is 9.62 Å². The summed E-state index contributed by atoms with van der Waals surface area (Å²) in [6.45, 7) is 1.88. The third kappa shape index (κ3) is 4.67. The van der Waals surface area contributed by atoms with Crippen molar-refractivity contribution in [2.75, 3.05) is 32.2 Å². The van der Waals surface area contributed by atoms with Crippen molar-refractivity contribution < 1.29 is 17.9 Å². The molecule has 0 unspecified atom stereocenters. The van der Waals surface area contributed by atoms with Crippen LogP contribution in [0.25, 0.3) is 0 Å². The Kier molecular flexibility index (Phi) is 6.19. The Hall–Kier alpha value is -1.15. The van der Waals surface area contributed by atoms with E-state index in [2.05, 4.69) is 5.32 Å². The molecule has 1 fully saturated rings. The average Bonchev–Trinajstić information content (AvgIpc) is 2.54. The highest BCUT2D eigenvalue weighted by Gasteiger charge is 2.25. The molecule has 1 aromatic carbocycles. The second-order valence-electron chi connectivity index (χ2n) is 4.95. The molecule has 0 aromatic heterocycles. The summed E-state index contributed by atoms with van der Waals surface area (Å²) in [6.07, 6.45) is 0. The van der Waals surface area contributed by atoms with E-state index in [9.17, 15) is 13.2 Å². The summed E-state index contributed by atoms with van der Waals surface area (Å²) in [5.74, 6) is -0.485. The van der Waals surface area contributed by atoms with Gasteiger partial charge in [0.2, 0.25) is 15.9 Å². The number of hydrogen-bond donors (Lipinski definition) is 1. The maximum atomic E-state index is 12.5. The number of benzene rings is 1. The third-order valence-electron chi connectivity index (χ3n) is 3.42. The number of nitrogens with zero attached hydrogens (tertiary/aromatic N) is 1. The minimum atomic E-state index is -3.39. The zero-order valence-electron chi connectivity index (χ0n) is 12.1. The van der Waals surface area contributed by atoms with Crippen LogP contribution in [0.3, 0.4) is 0 Å². The first-order valence-corrected chi connectivity index (χ1v) is 9.12. The van der Waals surface area contributed by atoms with Crippen molar-refractivity contribution in [2.24, 2.45) is 0 Å². The summed E-state index contributed by atoms with van der Waals surface area (Å²) in [4.78, 5) is 11.2. The lowest BCUT2D eigenvalue weighted by Crippen LogP contribution is -2.41. The highest BCUT2D eigenvalue weighted by atomic mass is 35.5. The van der Waals surface area contributed by atoms with Crippen molar-refractivity contribution in [3.05, 3.63) is 35.4 Å². The van der Waals surface area contributed by atoms with Crippen LogP contribution in [-0.4, -0.2) is 50.8 Å². The van der Waals surface area contributed by atoms with E-state index in [4.69, 9.17) is 16.3 Å². The Labute approximate surface area is 135 Å². The van der Waals surface area contributed by atoms with Gasteiger partial charge in [-0.05, 0) is 11.1 Å². The van der Waals surface area contributed by atoms with Crippen molar-refractivity contribution in [2.45, 2.75) is 12.3 Å². The lowest BCUT2D eigenvalue weighted by Gasteiger charge is -2.26. The largest absolute Gasteiger partial charge is 0.379 e. The minimum Gasteiger partial charge on any atom is -0.379 e. The Morgan fingerprint density at radius 1 is 1.23 bits per heavy atom. The molecule has 6 nitrogen and oxygen atoms in total. The number of rotatable bonds is 6. The molecule has 1 N–H and O–H groups in total. The molecule has 122 valence electrons. The van der Waals surface area contributed by atoms with E-state index < -0.39 is 10.0 Å². The fourth-order valence-corrected chi connectivity index (χ4v) is 3.88. The van der Waals surface area contributed by atoms with Gasteiger partial charge in [-0.3, -0.25) is 4.79 Å². The molecule has 0 atom stereocenters. The van der Waals surface area contributed by atoms with Crippen LogP contribution in [0.4, 0.5) is 0 Å². The van der Waals surface area contributed by atoms with E-state index in [0.717, 1.165) is 5.56 Å². The van der Waals surface area contributed by atoms with Crippen molar-refractivity contribution in [3.63, 3.8) is 0 Å². The molecule has 0 bridgehead atoms. The number of alkyl halides is 1. The standard InChI is InChI=1S/C14H19ClN2O4S/c15-9-14(18)16-10-12-3-1-2-4-13(12)11-22(19,20)17-5-7-21-8-6-17/h1-4H,5-11H2,(H,16,18). The second-order valence-corrected chi connectivity index (χ2v) is 7.18. The minimum absolute atomic E-state index is 0.0834. The van der Waals surface area contributed by atoms with Crippen molar-refractivity contribution in [1.29, 1.82) is 0 Å². The van der Waals surface area contributed by atoms with E-state index >= 15 is 0 Å². The highest BCUT2D eigenvalue weighted by Crippen LogP contribution is 2.16. The topological polar surface area (TPSA) is 75.7 Å². The van der Waals surface area contributed by atoms with Gasteiger partial charge in [-0.1, -0.05) is 24.3 Å². The summed E-state index contributed by atoms with van der Waals surface area (Å²) >= 11 is 5.44. The van der Waals surface area contributed by atoms with E-state index in [1.54, 1.807) is 18.2 Å². The van der Waals surface area contributed by atoms with Gasteiger partial charge in [-0.15, -0.1) is 11.6 Å². The SMILES string of the molecule is O=C(CCl)NCc1ccccc1CS(=O)(=O)N1CCOCC1. The van der Waals surface area contributed by atoms with E-state index in [1.165, 1.54) is 4.31 Å². The van der Waals surface area contributed by atoms with Crippen LogP contribution in [-0.2, 0) is 31.9 Å².